The second-order valence-corrected chi connectivity index (χ2v) is 5.22. The predicted octanol–water partition coefficient (Wildman–Crippen LogP) is 0.691. The predicted molar refractivity (Wildman–Crippen MR) is 68.4 cm³/mol. The van der Waals surface area contributed by atoms with E-state index in [4.69, 9.17) is 5.11 Å². The molecule has 0 radical (unpaired) electrons. The van der Waals surface area contributed by atoms with E-state index in [1.54, 1.807) is 4.90 Å². The van der Waals surface area contributed by atoms with Crippen LogP contribution in [0.25, 0.3) is 0 Å². The Morgan fingerprint density at radius 1 is 1.44 bits per heavy atom. The first-order valence-corrected chi connectivity index (χ1v) is 6.70. The zero-order valence-electron chi connectivity index (χ0n) is 10.1. The van der Waals surface area contributed by atoms with Gasteiger partial charge in [0.25, 0.3) is 5.91 Å². The molecule has 1 atom stereocenters. The number of hydrogen-bond donors (Lipinski definition) is 2. The Hall–Kier alpha value is -1.50. The molecule has 3 amide bonds. The molecule has 1 heterocycles. The minimum Gasteiger partial charge on any atom is -0.478 e. The number of carboxylic acids is 1. The lowest BCUT2D eigenvalue weighted by Gasteiger charge is -2.31. The molecule has 2 N–H and O–H groups in total. The minimum absolute atomic E-state index is 0.397. The molecule has 1 unspecified atom stereocenters. The van der Waals surface area contributed by atoms with Crippen LogP contribution in [0.4, 0.5) is 4.79 Å². The highest BCUT2D eigenvalue weighted by Crippen LogP contribution is 2.20. The van der Waals surface area contributed by atoms with Crippen molar-refractivity contribution in [3.63, 3.8) is 0 Å². The SMILES string of the molecule is CCC1CN(C(=O)NC(=O)/C=C/C(=O)O)CCS1. The summed E-state index contributed by atoms with van der Waals surface area (Å²) >= 11 is 1.82. The maximum Gasteiger partial charge on any atom is 0.328 e. The Morgan fingerprint density at radius 3 is 2.78 bits per heavy atom. The van der Waals surface area contributed by atoms with Gasteiger partial charge in [0.15, 0.2) is 0 Å². The molecule has 1 fully saturated rings. The molecule has 1 aliphatic rings. The number of carbonyl (C=O) groups excluding carboxylic acids is 2. The average molecular weight is 272 g/mol. The van der Waals surface area contributed by atoms with Crippen molar-refractivity contribution in [1.29, 1.82) is 0 Å². The summed E-state index contributed by atoms with van der Waals surface area (Å²) in [6.45, 7) is 3.27. The van der Waals surface area contributed by atoms with Crippen LogP contribution in [0.15, 0.2) is 12.2 Å². The summed E-state index contributed by atoms with van der Waals surface area (Å²) in [6, 6.07) is -0.464. The van der Waals surface area contributed by atoms with E-state index in [1.807, 2.05) is 11.8 Å². The lowest BCUT2D eigenvalue weighted by molar-refractivity contribution is -0.131. The summed E-state index contributed by atoms with van der Waals surface area (Å²) in [5.41, 5.74) is 0. The van der Waals surface area contributed by atoms with Gasteiger partial charge in [-0.3, -0.25) is 10.1 Å². The van der Waals surface area contributed by atoms with Gasteiger partial charge in [-0.15, -0.1) is 0 Å². The van der Waals surface area contributed by atoms with Crippen molar-refractivity contribution in [3.05, 3.63) is 12.2 Å². The molecule has 18 heavy (non-hydrogen) atoms. The van der Waals surface area contributed by atoms with E-state index in [1.165, 1.54) is 0 Å². The Kier molecular flexibility index (Phi) is 5.70. The van der Waals surface area contributed by atoms with Crippen molar-refractivity contribution in [2.45, 2.75) is 18.6 Å². The zero-order valence-corrected chi connectivity index (χ0v) is 10.9. The monoisotopic (exact) mass is 272 g/mol. The Bertz CT molecular complexity index is 370. The second-order valence-electron chi connectivity index (χ2n) is 3.81. The van der Waals surface area contributed by atoms with E-state index >= 15 is 0 Å². The molecule has 7 heteroatoms. The lowest BCUT2D eigenvalue weighted by Crippen LogP contribution is -2.48. The summed E-state index contributed by atoms with van der Waals surface area (Å²) in [7, 11) is 0. The fourth-order valence-corrected chi connectivity index (χ4v) is 2.70. The third-order valence-electron chi connectivity index (χ3n) is 2.49. The highest BCUT2D eigenvalue weighted by atomic mass is 32.2. The highest BCUT2D eigenvalue weighted by Gasteiger charge is 2.23. The maximum atomic E-state index is 11.7. The summed E-state index contributed by atoms with van der Waals surface area (Å²) < 4.78 is 0. The van der Waals surface area contributed by atoms with Gasteiger partial charge in [-0.2, -0.15) is 11.8 Å². The quantitative estimate of drug-likeness (QED) is 0.738. The van der Waals surface area contributed by atoms with Crippen molar-refractivity contribution in [2.24, 2.45) is 0 Å². The molecular weight excluding hydrogens is 256 g/mol. The molecule has 1 rings (SSSR count). The molecule has 1 saturated heterocycles. The van der Waals surface area contributed by atoms with Crippen LogP contribution in [0.1, 0.15) is 13.3 Å². The van der Waals surface area contributed by atoms with Crippen LogP contribution in [0.2, 0.25) is 0 Å². The number of nitrogens with one attached hydrogen (secondary N) is 1. The maximum absolute atomic E-state index is 11.7. The van der Waals surface area contributed by atoms with Gasteiger partial charge in [-0.25, -0.2) is 9.59 Å². The van der Waals surface area contributed by atoms with Crippen molar-refractivity contribution in [2.75, 3.05) is 18.8 Å². The summed E-state index contributed by atoms with van der Waals surface area (Å²) in [5, 5.41) is 10.9. The molecule has 0 aromatic carbocycles. The van der Waals surface area contributed by atoms with E-state index in [0.29, 0.717) is 24.4 Å². The van der Waals surface area contributed by atoms with Crippen LogP contribution in [0.5, 0.6) is 0 Å². The van der Waals surface area contributed by atoms with Gasteiger partial charge in [0.1, 0.15) is 0 Å². The van der Waals surface area contributed by atoms with E-state index < -0.39 is 17.9 Å². The van der Waals surface area contributed by atoms with Crippen LogP contribution in [0.3, 0.4) is 0 Å². The van der Waals surface area contributed by atoms with Crippen molar-refractivity contribution < 1.29 is 19.5 Å². The topological polar surface area (TPSA) is 86.7 Å². The minimum atomic E-state index is -1.22. The number of carbonyl (C=O) groups is 3. The zero-order chi connectivity index (χ0) is 13.5. The van der Waals surface area contributed by atoms with Gasteiger partial charge < -0.3 is 10.0 Å². The van der Waals surface area contributed by atoms with Crippen molar-refractivity contribution in [3.8, 4) is 0 Å². The highest BCUT2D eigenvalue weighted by molar-refractivity contribution is 8.00. The van der Waals surface area contributed by atoms with Gasteiger partial charge in [0, 0.05) is 36.2 Å². The smallest absolute Gasteiger partial charge is 0.328 e. The van der Waals surface area contributed by atoms with E-state index in [0.717, 1.165) is 18.2 Å². The lowest BCUT2D eigenvalue weighted by atomic mass is 10.3. The van der Waals surface area contributed by atoms with Crippen LogP contribution in [-0.4, -0.2) is 52.0 Å². The molecule has 0 saturated carbocycles. The van der Waals surface area contributed by atoms with E-state index in [-0.39, 0.29) is 0 Å². The third kappa shape index (κ3) is 4.79. The first kappa shape index (κ1) is 14.6. The van der Waals surface area contributed by atoms with Gasteiger partial charge >= 0.3 is 12.0 Å². The standard InChI is InChI=1S/C11H16N2O4S/c1-2-8-7-13(5-6-18-8)11(17)12-9(14)3-4-10(15)16/h3-4,8H,2,5-7H2,1H3,(H,15,16)(H,12,14,17)/b4-3+. The molecule has 6 nitrogen and oxygen atoms in total. The fraction of sp³-hybridized carbons (Fsp3) is 0.545. The number of hydrogen-bond acceptors (Lipinski definition) is 4. The number of imide groups is 1. The largest absolute Gasteiger partial charge is 0.478 e. The Morgan fingerprint density at radius 2 is 2.17 bits per heavy atom. The molecule has 0 spiro atoms. The van der Waals surface area contributed by atoms with Gasteiger partial charge in [-0.1, -0.05) is 6.92 Å². The van der Waals surface area contributed by atoms with Crippen LogP contribution in [0, 0.1) is 0 Å². The first-order valence-electron chi connectivity index (χ1n) is 5.65. The third-order valence-corrected chi connectivity index (χ3v) is 3.86. The molecule has 1 aliphatic heterocycles. The molecule has 0 aromatic rings. The summed E-state index contributed by atoms with van der Waals surface area (Å²) in [5.74, 6) is -1.09. The van der Waals surface area contributed by atoms with Gasteiger partial charge in [0.05, 0.1) is 0 Å². The van der Waals surface area contributed by atoms with Crippen LogP contribution in [-0.2, 0) is 9.59 Å². The number of nitrogens with zero attached hydrogens (tertiary/aromatic N) is 1. The molecular formula is C11H16N2O4S. The van der Waals surface area contributed by atoms with Crippen LogP contribution < -0.4 is 5.32 Å². The van der Waals surface area contributed by atoms with Crippen LogP contribution >= 0.6 is 11.8 Å². The molecule has 100 valence electrons. The molecule has 0 aliphatic carbocycles. The Labute approximate surface area is 109 Å². The number of rotatable bonds is 3. The second kappa shape index (κ2) is 7.05. The molecule has 0 bridgehead atoms. The Balaban J connectivity index is 2.44. The number of amides is 3. The number of thioether (sulfide) groups is 1. The van der Waals surface area contributed by atoms with Crippen molar-refractivity contribution >= 4 is 29.7 Å². The number of carboxylic acid groups (broad SMARTS) is 1. The normalized spacial score (nSPS) is 19.8. The average Bonchev–Trinajstić information content (AvgIpc) is 2.36. The first-order chi connectivity index (χ1) is 8.52. The fourth-order valence-electron chi connectivity index (χ4n) is 1.52. The van der Waals surface area contributed by atoms with E-state index in [9.17, 15) is 14.4 Å². The molecule has 0 aromatic heterocycles. The van der Waals surface area contributed by atoms with Crippen molar-refractivity contribution in [1.82, 2.24) is 10.2 Å². The van der Waals surface area contributed by atoms with Gasteiger partial charge in [-0.05, 0) is 6.42 Å². The number of urea groups is 1. The summed E-state index contributed by atoms with van der Waals surface area (Å²) in [6.07, 6.45) is 2.50. The van der Waals surface area contributed by atoms with Gasteiger partial charge in [0.2, 0.25) is 0 Å². The summed E-state index contributed by atoms with van der Waals surface area (Å²) in [4.78, 5) is 34.7. The number of aliphatic carboxylic acids is 1. The van der Waals surface area contributed by atoms with E-state index in [2.05, 4.69) is 12.2 Å².